The molecule has 90 valence electrons. The first-order valence-electron chi connectivity index (χ1n) is 5.66. The minimum absolute atomic E-state index is 0.0259. The van der Waals surface area contributed by atoms with E-state index in [1.807, 2.05) is 29.2 Å². The van der Waals surface area contributed by atoms with Gasteiger partial charge in [-0.3, -0.25) is 4.90 Å². The normalized spacial score (nSPS) is 27.1. The minimum atomic E-state index is -0.190. The fourth-order valence-corrected chi connectivity index (χ4v) is 2.64. The number of nitrogens with one attached hydrogen (secondary N) is 1. The topological polar surface area (TPSA) is 41.6 Å². The van der Waals surface area contributed by atoms with E-state index in [-0.39, 0.29) is 18.2 Å². The van der Waals surface area contributed by atoms with E-state index >= 15 is 0 Å². The van der Waals surface area contributed by atoms with Crippen LogP contribution in [0.3, 0.4) is 0 Å². The summed E-state index contributed by atoms with van der Waals surface area (Å²) in [4.78, 5) is 13.5. The fraction of sp³-hybridized carbons (Fsp3) is 0.417. The average Bonchev–Trinajstić information content (AvgIpc) is 2.85. The number of nitrogens with zero attached hydrogens (tertiary/aromatic N) is 1. The molecule has 0 spiro atoms. The third-order valence-electron chi connectivity index (χ3n) is 3.28. The highest BCUT2D eigenvalue weighted by Crippen LogP contribution is 2.24. The van der Waals surface area contributed by atoms with Crippen molar-refractivity contribution in [1.29, 1.82) is 0 Å². The highest BCUT2D eigenvalue weighted by molar-refractivity contribution is 9.10. The van der Waals surface area contributed by atoms with Gasteiger partial charge >= 0.3 is 6.09 Å². The van der Waals surface area contributed by atoms with Gasteiger partial charge < -0.3 is 10.1 Å². The summed E-state index contributed by atoms with van der Waals surface area (Å²) in [6, 6.07) is 8.20. The van der Waals surface area contributed by atoms with E-state index in [0.717, 1.165) is 23.1 Å². The quantitative estimate of drug-likeness (QED) is 0.904. The van der Waals surface area contributed by atoms with Crippen molar-refractivity contribution in [1.82, 2.24) is 10.2 Å². The van der Waals surface area contributed by atoms with Gasteiger partial charge in [0.15, 0.2) is 0 Å². The van der Waals surface area contributed by atoms with Gasteiger partial charge in [0.05, 0.1) is 6.04 Å². The zero-order valence-electron chi connectivity index (χ0n) is 9.23. The van der Waals surface area contributed by atoms with Crippen LogP contribution in [0.15, 0.2) is 28.7 Å². The van der Waals surface area contributed by atoms with E-state index in [1.54, 1.807) is 0 Å². The second-order valence-electron chi connectivity index (χ2n) is 4.40. The Balaban J connectivity index is 1.76. The molecule has 1 amide bonds. The maximum Gasteiger partial charge on any atom is 0.410 e. The van der Waals surface area contributed by atoms with Crippen LogP contribution in [0.4, 0.5) is 4.79 Å². The van der Waals surface area contributed by atoms with Gasteiger partial charge in [0.2, 0.25) is 0 Å². The van der Waals surface area contributed by atoms with E-state index in [4.69, 9.17) is 4.74 Å². The van der Waals surface area contributed by atoms with E-state index in [9.17, 15) is 4.79 Å². The molecule has 0 bridgehead atoms. The molecule has 2 unspecified atom stereocenters. The monoisotopic (exact) mass is 296 g/mol. The number of halogens is 1. The van der Waals surface area contributed by atoms with Gasteiger partial charge in [-0.05, 0) is 17.7 Å². The number of carbonyl (C=O) groups is 1. The second kappa shape index (κ2) is 4.31. The lowest BCUT2D eigenvalue weighted by Gasteiger charge is -2.19. The molecule has 0 aliphatic carbocycles. The molecule has 1 aromatic carbocycles. The third kappa shape index (κ3) is 2.05. The number of hydrogen-bond donors (Lipinski definition) is 1. The maximum absolute atomic E-state index is 11.7. The van der Waals surface area contributed by atoms with Crippen molar-refractivity contribution in [3.05, 3.63) is 34.3 Å². The molecule has 2 atom stereocenters. The lowest BCUT2D eigenvalue weighted by Crippen LogP contribution is -2.36. The molecule has 2 aliphatic heterocycles. The molecule has 2 aliphatic rings. The summed E-state index contributed by atoms with van der Waals surface area (Å²) >= 11 is 3.40. The molecule has 2 fully saturated rings. The van der Waals surface area contributed by atoms with Crippen LogP contribution < -0.4 is 5.32 Å². The van der Waals surface area contributed by atoms with Gasteiger partial charge in [-0.2, -0.15) is 0 Å². The molecule has 4 nitrogen and oxygen atoms in total. The number of carbonyl (C=O) groups excluding carboxylic acids is 1. The van der Waals surface area contributed by atoms with Gasteiger partial charge in [-0.15, -0.1) is 0 Å². The molecular weight excluding hydrogens is 284 g/mol. The molecule has 3 rings (SSSR count). The van der Waals surface area contributed by atoms with Gasteiger partial charge in [0, 0.05) is 24.1 Å². The van der Waals surface area contributed by atoms with Crippen LogP contribution in [0.2, 0.25) is 0 Å². The summed E-state index contributed by atoms with van der Waals surface area (Å²) in [5.41, 5.74) is 1.12. The van der Waals surface area contributed by atoms with Crippen molar-refractivity contribution in [3.8, 4) is 0 Å². The molecule has 17 heavy (non-hydrogen) atoms. The first kappa shape index (κ1) is 11.0. The summed E-state index contributed by atoms with van der Waals surface area (Å²) < 4.78 is 6.36. The number of fused-ring (bicyclic) bond motifs is 1. The van der Waals surface area contributed by atoms with Crippen molar-refractivity contribution in [2.45, 2.75) is 18.7 Å². The Hall–Kier alpha value is -1.07. The summed E-state index contributed by atoms with van der Waals surface area (Å²) in [5.74, 6) is 0. The van der Waals surface area contributed by atoms with E-state index in [2.05, 4.69) is 21.2 Å². The number of hydrogen-bond acceptors (Lipinski definition) is 3. The Labute approximate surface area is 108 Å². The summed E-state index contributed by atoms with van der Waals surface area (Å²) in [7, 11) is 0. The molecule has 5 heteroatoms. The Morgan fingerprint density at radius 2 is 2.12 bits per heavy atom. The fourth-order valence-electron chi connectivity index (χ4n) is 2.37. The lowest BCUT2D eigenvalue weighted by molar-refractivity contribution is 0.133. The third-order valence-corrected chi connectivity index (χ3v) is 3.81. The molecular formula is C12H13BrN2O2. The Morgan fingerprint density at radius 1 is 1.35 bits per heavy atom. The predicted octanol–water partition coefficient (Wildman–Crippen LogP) is 1.74. The van der Waals surface area contributed by atoms with Crippen LogP contribution in [-0.4, -0.2) is 36.2 Å². The lowest BCUT2D eigenvalue weighted by atomic mass is 10.1. The van der Waals surface area contributed by atoms with Crippen molar-refractivity contribution in [2.24, 2.45) is 0 Å². The molecule has 1 aromatic rings. The van der Waals surface area contributed by atoms with Crippen LogP contribution in [0.5, 0.6) is 0 Å². The Bertz CT molecular complexity index is 435. The van der Waals surface area contributed by atoms with Crippen molar-refractivity contribution in [2.75, 3.05) is 13.1 Å². The number of rotatable bonds is 2. The highest BCUT2D eigenvalue weighted by atomic mass is 79.9. The van der Waals surface area contributed by atoms with Crippen molar-refractivity contribution in [3.63, 3.8) is 0 Å². The number of amides is 1. The average molecular weight is 297 g/mol. The van der Waals surface area contributed by atoms with Crippen LogP contribution in [-0.2, 0) is 11.3 Å². The predicted molar refractivity (Wildman–Crippen MR) is 66.6 cm³/mol. The second-order valence-corrected chi connectivity index (χ2v) is 5.32. The van der Waals surface area contributed by atoms with Gasteiger partial charge in [0.25, 0.3) is 0 Å². The zero-order chi connectivity index (χ0) is 11.8. The SMILES string of the molecule is O=C1OC2CNCC2N1Cc1ccc(Br)cc1. The molecule has 0 radical (unpaired) electrons. The van der Waals surface area contributed by atoms with E-state index in [0.29, 0.717) is 6.54 Å². The zero-order valence-corrected chi connectivity index (χ0v) is 10.8. The highest BCUT2D eigenvalue weighted by Gasteiger charge is 2.44. The summed E-state index contributed by atoms with van der Waals surface area (Å²) in [6.07, 6.45) is -0.164. The largest absolute Gasteiger partial charge is 0.442 e. The van der Waals surface area contributed by atoms with Gasteiger partial charge in [0.1, 0.15) is 6.10 Å². The number of benzene rings is 1. The summed E-state index contributed by atoms with van der Waals surface area (Å²) in [5, 5.41) is 3.24. The van der Waals surface area contributed by atoms with Gasteiger partial charge in [-0.25, -0.2) is 4.79 Å². The van der Waals surface area contributed by atoms with E-state index in [1.165, 1.54) is 0 Å². The minimum Gasteiger partial charge on any atom is -0.442 e. The smallest absolute Gasteiger partial charge is 0.410 e. The molecule has 0 saturated carbocycles. The standard InChI is InChI=1S/C12H13BrN2O2/c13-9-3-1-8(2-4-9)7-15-10-5-14-6-11(10)17-12(15)16/h1-4,10-11,14H,5-7H2. The molecule has 2 saturated heterocycles. The van der Waals surface area contributed by atoms with Crippen LogP contribution in [0, 0.1) is 0 Å². The van der Waals surface area contributed by atoms with E-state index < -0.39 is 0 Å². The van der Waals surface area contributed by atoms with Crippen LogP contribution >= 0.6 is 15.9 Å². The van der Waals surface area contributed by atoms with Crippen LogP contribution in [0.1, 0.15) is 5.56 Å². The first-order valence-corrected chi connectivity index (χ1v) is 6.46. The van der Waals surface area contributed by atoms with Crippen LogP contribution in [0.25, 0.3) is 0 Å². The molecule has 2 heterocycles. The number of ether oxygens (including phenoxy) is 1. The Kier molecular flexibility index (Phi) is 2.80. The molecule has 0 aromatic heterocycles. The maximum atomic E-state index is 11.7. The Morgan fingerprint density at radius 3 is 2.88 bits per heavy atom. The van der Waals surface area contributed by atoms with Crippen molar-refractivity contribution >= 4 is 22.0 Å². The first-order chi connectivity index (χ1) is 8.24. The summed E-state index contributed by atoms with van der Waals surface area (Å²) in [6.45, 7) is 2.22. The molecule has 1 N–H and O–H groups in total. The van der Waals surface area contributed by atoms with Gasteiger partial charge in [-0.1, -0.05) is 28.1 Å². The van der Waals surface area contributed by atoms with Crippen molar-refractivity contribution < 1.29 is 9.53 Å².